The molecule has 0 aromatic rings. The molecule has 0 aromatic heterocycles. The summed E-state index contributed by atoms with van der Waals surface area (Å²) in [6.45, 7) is 14.6. The van der Waals surface area contributed by atoms with Gasteiger partial charge in [-0.1, -0.05) is 11.1 Å². The predicted molar refractivity (Wildman–Crippen MR) is 85.8 cm³/mol. The second-order valence-corrected chi connectivity index (χ2v) is 19.7. The summed E-state index contributed by atoms with van der Waals surface area (Å²) in [7, 11) is 20.1. The zero-order chi connectivity index (χ0) is 16.8. The molecular formula is C12H24Cl4O2Ti. The van der Waals surface area contributed by atoms with Gasteiger partial charge in [0.25, 0.3) is 0 Å². The van der Waals surface area contributed by atoms with Crippen molar-refractivity contribution in [3.63, 3.8) is 0 Å². The first-order chi connectivity index (χ1) is 8.11. The second-order valence-electron chi connectivity index (χ2n) is 4.25. The van der Waals surface area contributed by atoms with Crippen LogP contribution in [0.1, 0.15) is 55.4 Å². The first-order valence-electron chi connectivity index (χ1n) is 5.41. The fraction of sp³-hybridized carbons (Fsp3) is 0.667. The molecule has 0 aliphatic heterocycles. The van der Waals surface area contributed by atoms with Gasteiger partial charge in [0.2, 0.25) is 0 Å². The third-order valence-electron chi connectivity index (χ3n) is 1.00. The Morgan fingerprint density at radius 1 is 0.579 bits per heavy atom. The molecule has 19 heavy (non-hydrogen) atoms. The molecule has 0 bridgehead atoms. The number of hydrogen-bond acceptors (Lipinski definition) is 2. The molecule has 0 atom stereocenters. The van der Waals surface area contributed by atoms with E-state index in [9.17, 15) is 9.59 Å². The zero-order valence-electron chi connectivity index (χ0n) is 12.8. The van der Waals surface area contributed by atoms with Crippen LogP contribution in [0.2, 0.25) is 0 Å². The van der Waals surface area contributed by atoms with Crippen LogP contribution in [0.25, 0.3) is 0 Å². The fourth-order valence-corrected chi connectivity index (χ4v) is 0. The summed E-state index contributed by atoms with van der Waals surface area (Å²) in [6.07, 6.45) is 0. The minimum absolute atomic E-state index is 0.167. The van der Waals surface area contributed by atoms with E-state index in [-0.39, 0.29) is 11.6 Å². The number of allylic oxidation sites excluding steroid dienone is 2. The summed E-state index contributed by atoms with van der Waals surface area (Å²) >= 11 is -3.11. The average molecular weight is 390 g/mol. The summed E-state index contributed by atoms with van der Waals surface area (Å²) in [5.74, 6) is 0.333. The number of hydrogen-bond donors (Lipinski definition) is 0. The normalized spacial score (nSPS) is 8.42. The van der Waals surface area contributed by atoms with Crippen LogP contribution < -0.4 is 0 Å². The van der Waals surface area contributed by atoms with E-state index in [1.807, 2.05) is 0 Å². The molecule has 0 unspecified atom stereocenters. The topological polar surface area (TPSA) is 34.1 Å². The molecule has 0 rings (SSSR count). The number of ketones is 2. The Labute approximate surface area is 136 Å². The van der Waals surface area contributed by atoms with Crippen LogP contribution in [0.4, 0.5) is 0 Å². The molecule has 0 spiro atoms. The predicted octanol–water partition coefficient (Wildman–Crippen LogP) is 6.31. The standard InChI is InChI=1S/C6H12.2C3H6O.4ClH.Ti/c1-5(2)6(3)4;2*1-3(2)4;;;;;/h1-4H3;2*1-2H3;4*1H;/q;;;;;;;+4/p-4. The molecule has 0 radical (unpaired) electrons. The van der Waals surface area contributed by atoms with E-state index >= 15 is 0 Å². The maximum atomic E-state index is 9.44. The molecule has 0 saturated heterocycles. The van der Waals surface area contributed by atoms with Crippen molar-refractivity contribution in [2.45, 2.75) is 55.4 Å². The van der Waals surface area contributed by atoms with Crippen LogP contribution in [-0.2, 0) is 21.9 Å². The monoisotopic (exact) mass is 388 g/mol. The van der Waals surface area contributed by atoms with Gasteiger partial charge in [0.1, 0.15) is 11.6 Å². The number of halogens is 4. The zero-order valence-corrected chi connectivity index (χ0v) is 17.4. The summed E-state index contributed by atoms with van der Waals surface area (Å²) < 4.78 is 0. The van der Waals surface area contributed by atoms with Crippen LogP contribution in [0, 0.1) is 0 Å². The molecule has 0 fully saturated rings. The maximum absolute atomic E-state index is 9.44. The van der Waals surface area contributed by atoms with Gasteiger partial charge in [-0.05, 0) is 55.4 Å². The van der Waals surface area contributed by atoms with Gasteiger partial charge in [0.05, 0.1) is 0 Å². The van der Waals surface area contributed by atoms with Gasteiger partial charge < -0.3 is 9.59 Å². The van der Waals surface area contributed by atoms with Crippen LogP contribution in [0.3, 0.4) is 0 Å². The van der Waals surface area contributed by atoms with Crippen molar-refractivity contribution in [3.05, 3.63) is 11.1 Å². The average Bonchev–Trinajstić information content (AvgIpc) is 1.96. The van der Waals surface area contributed by atoms with Crippen molar-refractivity contribution >= 4 is 48.8 Å². The van der Waals surface area contributed by atoms with Crippen LogP contribution in [0.15, 0.2) is 11.1 Å². The number of carbonyl (C=O) groups is 2. The van der Waals surface area contributed by atoms with E-state index in [2.05, 4.69) is 27.7 Å². The van der Waals surface area contributed by atoms with Gasteiger partial charge in [-0.15, -0.1) is 0 Å². The van der Waals surface area contributed by atoms with E-state index in [0.717, 1.165) is 0 Å². The van der Waals surface area contributed by atoms with E-state index in [4.69, 9.17) is 37.2 Å². The summed E-state index contributed by atoms with van der Waals surface area (Å²) in [6, 6.07) is 0. The van der Waals surface area contributed by atoms with Crippen LogP contribution >= 0.6 is 37.2 Å². The van der Waals surface area contributed by atoms with E-state index in [0.29, 0.717) is 0 Å². The fourth-order valence-electron chi connectivity index (χ4n) is 0. The Morgan fingerprint density at radius 3 is 0.632 bits per heavy atom. The molecule has 7 heteroatoms. The minimum atomic E-state index is -3.11. The van der Waals surface area contributed by atoms with Gasteiger partial charge in [-0.25, -0.2) is 0 Å². The Hall–Kier alpha value is 0.954. The van der Waals surface area contributed by atoms with E-state index in [1.54, 1.807) is 0 Å². The van der Waals surface area contributed by atoms with Crippen LogP contribution in [0.5, 0.6) is 0 Å². The molecule has 0 N–H and O–H groups in total. The molecule has 0 aliphatic carbocycles. The Bertz CT molecular complexity index is 240. The summed E-state index contributed by atoms with van der Waals surface area (Å²) in [5.41, 5.74) is 2.85. The van der Waals surface area contributed by atoms with Crippen LogP contribution in [-0.4, -0.2) is 11.6 Å². The molecule has 0 aromatic carbocycles. The van der Waals surface area contributed by atoms with Crippen molar-refractivity contribution in [2.24, 2.45) is 0 Å². The molecule has 0 amide bonds. The van der Waals surface area contributed by atoms with Gasteiger partial charge in [0.15, 0.2) is 0 Å². The van der Waals surface area contributed by atoms with Crippen molar-refractivity contribution < 1.29 is 21.9 Å². The Morgan fingerprint density at radius 2 is 0.632 bits per heavy atom. The third kappa shape index (κ3) is 222. The summed E-state index contributed by atoms with van der Waals surface area (Å²) in [5, 5.41) is 0. The first-order valence-corrected chi connectivity index (χ1v) is 14.0. The van der Waals surface area contributed by atoms with Gasteiger partial charge in [-0.3, -0.25) is 0 Å². The number of carbonyl (C=O) groups excluding carboxylic acids is 2. The van der Waals surface area contributed by atoms with Gasteiger partial charge >= 0.3 is 49.6 Å². The number of rotatable bonds is 0. The molecular weight excluding hydrogens is 366 g/mol. The van der Waals surface area contributed by atoms with Crippen molar-refractivity contribution in [1.29, 1.82) is 0 Å². The van der Waals surface area contributed by atoms with Crippen molar-refractivity contribution in [2.75, 3.05) is 0 Å². The van der Waals surface area contributed by atoms with Crippen molar-refractivity contribution in [1.82, 2.24) is 0 Å². The quantitative estimate of drug-likeness (QED) is 0.359. The molecule has 0 saturated carbocycles. The van der Waals surface area contributed by atoms with E-state index < -0.39 is 12.3 Å². The van der Waals surface area contributed by atoms with Gasteiger partial charge in [0, 0.05) is 0 Å². The van der Waals surface area contributed by atoms with Crippen molar-refractivity contribution in [3.8, 4) is 0 Å². The molecule has 2 nitrogen and oxygen atoms in total. The molecule has 0 aliphatic rings. The second kappa shape index (κ2) is 17.0. The Kier molecular flexibility index (Phi) is 25.2. The number of Topliss-reactive ketones (excluding diaryl/α,β-unsaturated/α-hetero) is 2. The molecule has 116 valence electrons. The first kappa shape index (κ1) is 28.2. The third-order valence-corrected chi connectivity index (χ3v) is 1.00. The Balaban J connectivity index is -0.0000000803. The molecule has 0 heterocycles. The van der Waals surface area contributed by atoms with Gasteiger partial charge in [-0.2, -0.15) is 0 Å². The van der Waals surface area contributed by atoms with E-state index in [1.165, 1.54) is 38.8 Å². The summed E-state index contributed by atoms with van der Waals surface area (Å²) in [4.78, 5) is 18.9. The SMILES string of the molecule is CC(C)=C(C)C.CC(C)=O.CC(C)=O.[Cl][Ti]([Cl])([Cl])[Cl].